The Labute approximate surface area is 368 Å². The summed E-state index contributed by atoms with van der Waals surface area (Å²) < 4.78 is 57.9. The first-order valence-electron chi connectivity index (χ1n) is 21.4. The van der Waals surface area contributed by atoms with Crippen molar-refractivity contribution in [1.82, 2.24) is 15.2 Å². The number of hydrogen-bond acceptors (Lipinski definition) is 10. The maximum Gasteiger partial charge on any atom is 0.223 e. The molecule has 338 valence electrons. The zero-order chi connectivity index (χ0) is 45.7. The minimum absolute atomic E-state index is 0.0244. The summed E-state index contributed by atoms with van der Waals surface area (Å²) in [4.78, 5) is 2.55. The summed E-state index contributed by atoms with van der Waals surface area (Å²) in [5.74, 6) is 3.17. The molecule has 0 radical (unpaired) electrons. The fraction of sp³-hybridized carbons (Fsp3) is 0.480. The van der Waals surface area contributed by atoms with Crippen molar-refractivity contribution in [2.75, 3.05) is 25.0 Å². The van der Waals surface area contributed by atoms with E-state index >= 15 is 0 Å². The molecule has 1 N–H and O–H groups in total. The van der Waals surface area contributed by atoms with Gasteiger partial charge in [0.1, 0.15) is 46.5 Å². The predicted octanol–water partition coefficient (Wildman–Crippen LogP) is 11.6. The lowest BCUT2D eigenvalue weighted by Crippen LogP contribution is -2.38. The fourth-order valence-electron chi connectivity index (χ4n) is 5.83. The number of benzene rings is 4. The molecule has 0 amide bonds. The molecule has 1 atom stereocenters. The quantitative estimate of drug-likeness (QED) is 0.137. The molecule has 1 saturated heterocycles. The third-order valence-electron chi connectivity index (χ3n) is 8.97. The molecule has 62 heavy (non-hydrogen) atoms. The molecular weight excluding hydrogens is 791 g/mol. The minimum atomic E-state index is -0.552. The van der Waals surface area contributed by atoms with Crippen LogP contribution in [-0.4, -0.2) is 71.1 Å². The van der Waals surface area contributed by atoms with Gasteiger partial charge in [-0.05, 0) is 160 Å². The first-order chi connectivity index (χ1) is 29.4. The number of terminal acetylenes is 1. The first kappa shape index (κ1) is 51.3. The summed E-state index contributed by atoms with van der Waals surface area (Å²) >= 11 is 0. The lowest BCUT2D eigenvalue weighted by molar-refractivity contribution is -0.150. The average Bonchev–Trinajstić information content (AvgIpc) is 3.95. The van der Waals surface area contributed by atoms with Crippen LogP contribution in [0.1, 0.15) is 106 Å². The second kappa shape index (κ2) is 26.4. The van der Waals surface area contributed by atoms with E-state index in [4.69, 9.17) is 30.1 Å². The second-order valence-electron chi connectivity index (χ2n) is 16.9. The number of rotatable bonds is 10. The number of anilines is 1. The van der Waals surface area contributed by atoms with Crippen molar-refractivity contribution < 1.29 is 37.1 Å². The molecule has 0 spiro atoms. The van der Waals surface area contributed by atoms with E-state index < -0.39 is 11.6 Å². The highest BCUT2D eigenvalue weighted by Crippen LogP contribution is 2.26. The van der Waals surface area contributed by atoms with Gasteiger partial charge in [0.25, 0.3) is 0 Å². The SMILES string of the molecule is C#Cc1ccc(COC(C)C)cc1.CC(C)(C)N1CCCC1.CC(C)Nc1c(F)cccc1F.CC(C)OCC1OCc2ccccc2O1.CC(C)Oc1ccc2nonc2c1. The maximum atomic E-state index is 12.9. The number of fused-ring (bicyclic) bond motifs is 2. The Balaban J connectivity index is 0.000000208. The largest absolute Gasteiger partial charge is 0.491 e. The van der Waals surface area contributed by atoms with Gasteiger partial charge in [-0.25, -0.2) is 13.4 Å². The average molecular weight is 859 g/mol. The van der Waals surface area contributed by atoms with Crippen LogP contribution in [0.2, 0.25) is 0 Å². The van der Waals surface area contributed by atoms with Gasteiger partial charge in [0.2, 0.25) is 6.29 Å². The summed E-state index contributed by atoms with van der Waals surface area (Å²) in [6.07, 6.45) is 8.40. The Morgan fingerprint density at radius 1 is 0.790 bits per heavy atom. The van der Waals surface area contributed by atoms with Gasteiger partial charge in [-0.1, -0.05) is 42.3 Å². The van der Waals surface area contributed by atoms with Crippen LogP contribution in [0, 0.1) is 24.0 Å². The van der Waals surface area contributed by atoms with E-state index in [1.165, 1.54) is 44.1 Å². The molecule has 7 rings (SSSR count). The third kappa shape index (κ3) is 19.3. The molecule has 0 aliphatic carbocycles. The molecule has 1 unspecified atom stereocenters. The van der Waals surface area contributed by atoms with Crippen molar-refractivity contribution in [2.24, 2.45) is 0 Å². The Morgan fingerprint density at radius 3 is 1.98 bits per heavy atom. The molecule has 12 heteroatoms. The molecule has 3 heterocycles. The Hall–Kier alpha value is -5.06. The van der Waals surface area contributed by atoms with Crippen molar-refractivity contribution in [2.45, 2.75) is 138 Å². The van der Waals surface area contributed by atoms with Gasteiger partial charge >= 0.3 is 0 Å². The van der Waals surface area contributed by atoms with E-state index in [9.17, 15) is 8.78 Å². The number of ether oxygens (including phenoxy) is 5. The van der Waals surface area contributed by atoms with Crippen molar-refractivity contribution in [3.8, 4) is 23.8 Å². The third-order valence-corrected chi connectivity index (χ3v) is 8.97. The molecule has 1 aromatic heterocycles. The highest BCUT2D eigenvalue weighted by Gasteiger charge is 2.23. The van der Waals surface area contributed by atoms with Crippen molar-refractivity contribution >= 4 is 16.7 Å². The number of hydrogen-bond donors (Lipinski definition) is 1. The topological polar surface area (TPSA) is 100 Å². The number of para-hydroxylation sites is 2. The zero-order valence-corrected chi connectivity index (χ0v) is 38.5. The second-order valence-corrected chi connectivity index (χ2v) is 16.9. The molecule has 0 saturated carbocycles. The van der Waals surface area contributed by atoms with Gasteiger partial charge < -0.3 is 29.0 Å². The summed E-state index contributed by atoms with van der Waals surface area (Å²) in [5.41, 5.74) is 5.00. The summed E-state index contributed by atoms with van der Waals surface area (Å²) in [7, 11) is 0. The van der Waals surface area contributed by atoms with Gasteiger partial charge in [0.05, 0.1) is 31.5 Å². The van der Waals surface area contributed by atoms with Crippen LogP contribution in [0.3, 0.4) is 0 Å². The number of aromatic nitrogens is 2. The molecule has 2 aliphatic heterocycles. The monoisotopic (exact) mass is 859 g/mol. The smallest absolute Gasteiger partial charge is 0.223 e. The van der Waals surface area contributed by atoms with E-state index in [1.807, 2.05) is 122 Å². The van der Waals surface area contributed by atoms with Gasteiger partial charge in [-0.15, -0.1) is 6.42 Å². The fourth-order valence-corrected chi connectivity index (χ4v) is 5.83. The van der Waals surface area contributed by atoms with Crippen molar-refractivity contribution in [1.29, 1.82) is 0 Å². The van der Waals surface area contributed by atoms with Crippen molar-refractivity contribution in [3.63, 3.8) is 0 Å². The van der Waals surface area contributed by atoms with Crippen LogP contribution >= 0.6 is 0 Å². The normalized spacial score (nSPS) is 14.5. The molecular formula is C50H68F2N4O6. The van der Waals surface area contributed by atoms with E-state index in [0.717, 1.165) is 39.2 Å². The lowest BCUT2D eigenvalue weighted by Gasteiger charge is -2.31. The van der Waals surface area contributed by atoms with Crippen LogP contribution in [0.25, 0.3) is 11.0 Å². The molecule has 10 nitrogen and oxygen atoms in total. The summed E-state index contributed by atoms with van der Waals surface area (Å²) in [6, 6.07) is 25.1. The van der Waals surface area contributed by atoms with Crippen LogP contribution in [-0.2, 0) is 27.4 Å². The highest BCUT2D eigenvalue weighted by atomic mass is 19.1. The van der Waals surface area contributed by atoms with Gasteiger partial charge in [-0.3, -0.25) is 4.90 Å². The predicted molar refractivity (Wildman–Crippen MR) is 244 cm³/mol. The number of nitrogens with zero attached hydrogens (tertiary/aromatic N) is 3. The molecule has 4 aromatic carbocycles. The van der Waals surface area contributed by atoms with Gasteiger partial charge in [0.15, 0.2) is 0 Å². The van der Waals surface area contributed by atoms with Crippen LogP contribution in [0.4, 0.5) is 14.5 Å². The Kier molecular flexibility index (Phi) is 21.9. The van der Waals surface area contributed by atoms with E-state index in [1.54, 1.807) is 0 Å². The van der Waals surface area contributed by atoms with Gasteiger partial charge in [-0.2, -0.15) is 0 Å². The minimum Gasteiger partial charge on any atom is -0.491 e. The van der Waals surface area contributed by atoms with E-state index in [2.05, 4.69) is 51.9 Å². The zero-order valence-electron chi connectivity index (χ0n) is 38.5. The van der Waals surface area contributed by atoms with Crippen LogP contribution in [0.5, 0.6) is 11.5 Å². The Morgan fingerprint density at radius 2 is 1.42 bits per heavy atom. The molecule has 5 aromatic rings. The number of halogens is 2. The molecule has 2 aliphatic rings. The Bertz CT molecular complexity index is 2030. The van der Waals surface area contributed by atoms with Crippen LogP contribution in [0.15, 0.2) is 89.6 Å². The van der Waals surface area contributed by atoms with E-state index in [0.29, 0.717) is 25.4 Å². The van der Waals surface area contributed by atoms with Gasteiger partial charge in [0, 0.05) is 28.8 Å². The van der Waals surface area contributed by atoms with E-state index in [-0.39, 0.29) is 36.3 Å². The molecule has 0 bridgehead atoms. The summed E-state index contributed by atoms with van der Waals surface area (Å²) in [6.45, 7) is 26.9. The van der Waals surface area contributed by atoms with Crippen LogP contribution < -0.4 is 14.8 Å². The highest BCUT2D eigenvalue weighted by molar-refractivity contribution is 5.74. The number of nitrogens with one attached hydrogen (secondary N) is 1. The first-order valence-corrected chi connectivity index (χ1v) is 21.4. The maximum absolute atomic E-state index is 12.9. The lowest BCUT2D eigenvalue weighted by atomic mass is 10.1. The molecule has 1 fully saturated rings. The van der Waals surface area contributed by atoms with Crippen molar-refractivity contribution in [3.05, 3.63) is 113 Å². The summed E-state index contributed by atoms with van der Waals surface area (Å²) in [5, 5.41) is 10.1. The number of likely N-dealkylation sites (tertiary alicyclic amines) is 1. The standard InChI is InChI=1S/C12H16O3.C12H14O.C9H11F2N.C9H10N2O2.C8H17N/c1-9(2)13-8-12-14-7-10-5-3-4-6-11(10)15-12;1-4-11-5-7-12(8-6-11)9-13-10(2)3;1-6(2)12-9-7(10)4-3-5-8(9)11;1-6(2)12-7-3-4-8-9(5-7)11-13-10-8;1-8(2,3)9-6-4-5-7-9/h3-6,9,12H,7-8H2,1-2H3;1,5-8,10H,9H2,2-3H3;3-6,12H,1-2H3;3-6H,1-2H3;4-7H2,1-3H3.